The van der Waals surface area contributed by atoms with Gasteiger partial charge in [-0.15, -0.1) is 0 Å². The highest BCUT2D eigenvalue weighted by Gasteiger charge is 2.36. The molecule has 1 fully saturated rings. The van der Waals surface area contributed by atoms with Gasteiger partial charge in [-0.25, -0.2) is 4.79 Å². The Morgan fingerprint density at radius 3 is 2.80 bits per heavy atom. The number of anilines is 3. The van der Waals surface area contributed by atoms with Crippen LogP contribution in [0.3, 0.4) is 0 Å². The fraction of sp³-hybridized carbons (Fsp3) is 0.273. The number of Topliss-reactive ketones (excluding diaryl/α,β-unsaturated/α-hetero) is 1. The molecule has 1 atom stereocenters. The zero-order valence-corrected chi connectivity index (χ0v) is 16.4. The number of esters is 1. The van der Waals surface area contributed by atoms with Crippen LogP contribution in [0.1, 0.15) is 40.5 Å². The molecule has 1 saturated heterocycles. The number of carbonyl (C=O) groups excluding carboxylic acids is 4. The van der Waals surface area contributed by atoms with Crippen molar-refractivity contribution in [2.75, 3.05) is 28.7 Å². The van der Waals surface area contributed by atoms with Crippen LogP contribution in [-0.4, -0.2) is 42.8 Å². The van der Waals surface area contributed by atoms with Crippen LogP contribution in [0.5, 0.6) is 0 Å². The molecule has 8 heteroatoms. The standard InChI is InChI=1S/C22H21N3O5/c1-13(26)15-5-2-3-6-16(15)23-20(27)12-30-22(29)14-8-9-18-17(11-14)24-21(28)19-7-4-10-25(18)19/h2-3,5-6,8-9,11,19H,4,7,10,12H2,1H3,(H,23,27)(H,24,28)/t19-/m0/s1. The van der Waals surface area contributed by atoms with E-state index < -0.39 is 18.5 Å². The predicted molar refractivity (Wildman–Crippen MR) is 111 cm³/mol. The van der Waals surface area contributed by atoms with Crippen molar-refractivity contribution in [2.45, 2.75) is 25.8 Å². The minimum absolute atomic E-state index is 0.0750. The summed E-state index contributed by atoms with van der Waals surface area (Å²) in [5.74, 6) is -1.48. The van der Waals surface area contributed by atoms with Gasteiger partial charge in [-0.05, 0) is 50.1 Å². The summed E-state index contributed by atoms with van der Waals surface area (Å²) in [5.41, 5.74) is 2.42. The number of rotatable bonds is 5. The monoisotopic (exact) mass is 407 g/mol. The first-order valence-electron chi connectivity index (χ1n) is 9.72. The number of fused-ring (bicyclic) bond motifs is 3. The van der Waals surface area contributed by atoms with Crippen LogP contribution in [0, 0.1) is 0 Å². The molecule has 2 aromatic carbocycles. The van der Waals surface area contributed by atoms with E-state index in [4.69, 9.17) is 4.74 Å². The van der Waals surface area contributed by atoms with Crippen molar-refractivity contribution in [3.05, 3.63) is 53.6 Å². The highest BCUT2D eigenvalue weighted by molar-refractivity contribution is 6.06. The summed E-state index contributed by atoms with van der Waals surface area (Å²) in [6.45, 7) is 1.71. The molecule has 2 heterocycles. The van der Waals surface area contributed by atoms with Crippen molar-refractivity contribution < 1.29 is 23.9 Å². The van der Waals surface area contributed by atoms with E-state index in [9.17, 15) is 19.2 Å². The van der Waals surface area contributed by atoms with Crippen LogP contribution in [0.2, 0.25) is 0 Å². The summed E-state index contributed by atoms with van der Waals surface area (Å²) < 4.78 is 5.10. The molecule has 154 valence electrons. The lowest BCUT2D eigenvalue weighted by atomic mass is 10.1. The Hall–Kier alpha value is -3.68. The Kier molecular flexibility index (Phi) is 5.22. The van der Waals surface area contributed by atoms with E-state index in [0.29, 0.717) is 16.9 Å². The quantitative estimate of drug-likeness (QED) is 0.583. The average molecular weight is 407 g/mol. The fourth-order valence-corrected chi connectivity index (χ4v) is 3.86. The van der Waals surface area contributed by atoms with Crippen LogP contribution in [0.15, 0.2) is 42.5 Å². The molecule has 2 aromatic rings. The number of hydrogen-bond donors (Lipinski definition) is 2. The van der Waals surface area contributed by atoms with Crippen molar-refractivity contribution in [3.63, 3.8) is 0 Å². The van der Waals surface area contributed by atoms with Crippen molar-refractivity contribution in [1.29, 1.82) is 0 Å². The lowest BCUT2D eigenvalue weighted by Crippen LogP contribution is -2.43. The topological polar surface area (TPSA) is 105 Å². The maximum Gasteiger partial charge on any atom is 0.338 e. The average Bonchev–Trinajstić information content (AvgIpc) is 3.23. The van der Waals surface area contributed by atoms with Crippen LogP contribution < -0.4 is 15.5 Å². The molecule has 2 aliphatic rings. The Morgan fingerprint density at radius 2 is 2.00 bits per heavy atom. The number of nitrogens with one attached hydrogen (secondary N) is 2. The summed E-state index contributed by atoms with van der Waals surface area (Å²) in [7, 11) is 0. The predicted octanol–water partition coefficient (Wildman–Crippen LogP) is 2.61. The number of ketones is 1. The van der Waals surface area contributed by atoms with E-state index >= 15 is 0 Å². The number of hydrogen-bond acceptors (Lipinski definition) is 6. The maximum absolute atomic E-state index is 12.4. The van der Waals surface area contributed by atoms with Gasteiger partial charge in [-0.1, -0.05) is 12.1 Å². The highest BCUT2D eigenvalue weighted by Crippen LogP contribution is 2.37. The second-order valence-corrected chi connectivity index (χ2v) is 7.30. The molecule has 4 rings (SSSR count). The first-order valence-corrected chi connectivity index (χ1v) is 9.72. The van der Waals surface area contributed by atoms with Crippen LogP contribution in [0.25, 0.3) is 0 Å². The minimum Gasteiger partial charge on any atom is -0.452 e. The highest BCUT2D eigenvalue weighted by atomic mass is 16.5. The van der Waals surface area contributed by atoms with E-state index in [2.05, 4.69) is 10.6 Å². The fourth-order valence-electron chi connectivity index (χ4n) is 3.86. The molecule has 0 aromatic heterocycles. The van der Waals surface area contributed by atoms with Crippen molar-refractivity contribution in [3.8, 4) is 0 Å². The summed E-state index contributed by atoms with van der Waals surface area (Å²) in [6.07, 6.45) is 1.76. The lowest BCUT2D eigenvalue weighted by molar-refractivity contribution is -0.119. The first-order chi connectivity index (χ1) is 14.4. The number of para-hydroxylation sites is 1. The Labute approximate surface area is 173 Å². The molecule has 0 saturated carbocycles. The zero-order chi connectivity index (χ0) is 21.3. The molecular weight excluding hydrogens is 386 g/mol. The summed E-state index contributed by atoms with van der Waals surface area (Å²) >= 11 is 0. The third-order valence-corrected chi connectivity index (χ3v) is 5.27. The summed E-state index contributed by atoms with van der Waals surface area (Å²) in [5, 5.41) is 5.42. The molecular formula is C22H21N3O5. The molecule has 2 amide bonds. The van der Waals surface area contributed by atoms with E-state index in [1.54, 1.807) is 42.5 Å². The molecule has 2 aliphatic heterocycles. The lowest BCUT2D eigenvalue weighted by Gasteiger charge is -2.33. The van der Waals surface area contributed by atoms with Gasteiger partial charge in [0, 0.05) is 12.1 Å². The second-order valence-electron chi connectivity index (χ2n) is 7.30. The van der Waals surface area contributed by atoms with Crippen LogP contribution in [-0.2, 0) is 14.3 Å². The number of amides is 2. The molecule has 0 bridgehead atoms. The zero-order valence-electron chi connectivity index (χ0n) is 16.4. The third-order valence-electron chi connectivity index (χ3n) is 5.27. The van der Waals surface area contributed by atoms with Gasteiger partial charge in [0.2, 0.25) is 5.91 Å². The largest absolute Gasteiger partial charge is 0.452 e. The Bertz CT molecular complexity index is 1050. The smallest absolute Gasteiger partial charge is 0.338 e. The van der Waals surface area contributed by atoms with Gasteiger partial charge in [0.25, 0.3) is 5.91 Å². The summed E-state index contributed by atoms with van der Waals surface area (Å²) in [4.78, 5) is 50.5. The first kappa shape index (κ1) is 19.6. The number of carbonyl (C=O) groups is 4. The Morgan fingerprint density at radius 1 is 1.20 bits per heavy atom. The van der Waals surface area contributed by atoms with E-state index in [0.717, 1.165) is 25.1 Å². The normalized spacial score (nSPS) is 16.9. The molecule has 2 N–H and O–H groups in total. The summed E-state index contributed by atoms with van der Waals surface area (Å²) in [6, 6.07) is 11.4. The molecule has 0 radical (unpaired) electrons. The number of nitrogens with zero attached hydrogens (tertiary/aromatic N) is 1. The van der Waals surface area contributed by atoms with E-state index in [1.807, 2.05) is 4.90 Å². The molecule has 8 nitrogen and oxygen atoms in total. The van der Waals surface area contributed by atoms with Gasteiger partial charge in [0.05, 0.1) is 22.6 Å². The minimum atomic E-state index is -0.675. The van der Waals surface area contributed by atoms with Gasteiger partial charge >= 0.3 is 5.97 Å². The Balaban J connectivity index is 1.40. The van der Waals surface area contributed by atoms with Crippen molar-refractivity contribution in [2.24, 2.45) is 0 Å². The van der Waals surface area contributed by atoms with Gasteiger partial charge in [0.15, 0.2) is 12.4 Å². The van der Waals surface area contributed by atoms with Gasteiger partial charge in [-0.2, -0.15) is 0 Å². The van der Waals surface area contributed by atoms with Crippen molar-refractivity contribution >= 4 is 40.6 Å². The second kappa shape index (κ2) is 7.98. The van der Waals surface area contributed by atoms with Crippen LogP contribution in [0.4, 0.5) is 17.1 Å². The molecule has 0 unspecified atom stereocenters. The van der Waals surface area contributed by atoms with Gasteiger partial charge in [-0.3, -0.25) is 14.4 Å². The molecule has 0 aliphatic carbocycles. The molecule has 0 spiro atoms. The van der Waals surface area contributed by atoms with Crippen molar-refractivity contribution in [1.82, 2.24) is 0 Å². The number of ether oxygens (including phenoxy) is 1. The maximum atomic E-state index is 12.4. The van der Waals surface area contributed by atoms with Gasteiger partial charge < -0.3 is 20.3 Å². The number of benzene rings is 2. The van der Waals surface area contributed by atoms with Crippen LogP contribution >= 0.6 is 0 Å². The third kappa shape index (κ3) is 3.76. The van der Waals surface area contributed by atoms with E-state index in [1.165, 1.54) is 6.92 Å². The molecule has 30 heavy (non-hydrogen) atoms. The van der Waals surface area contributed by atoms with Gasteiger partial charge in [0.1, 0.15) is 6.04 Å². The van der Waals surface area contributed by atoms with E-state index in [-0.39, 0.29) is 23.3 Å². The SMILES string of the molecule is CC(=O)c1ccccc1NC(=O)COC(=O)c1ccc2c(c1)NC(=O)[C@@H]1CCCN21.